The first-order valence-corrected chi connectivity index (χ1v) is 25.2. The molecular formula is C58H74N2O7. The van der Waals surface area contributed by atoms with Gasteiger partial charge >= 0.3 is 0 Å². The highest BCUT2D eigenvalue weighted by Gasteiger charge is 2.65. The molecule has 1 heterocycles. The molecule has 0 bridgehead atoms. The first kappa shape index (κ1) is 48.5. The molecule has 2 fully saturated rings. The van der Waals surface area contributed by atoms with Gasteiger partial charge in [0, 0.05) is 44.1 Å². The Morgan fingerprint density at radius 1 is 0.896 bits per heavy atom. The molecule has 8 rings (SSSR count). The zero-order valence-electron chi connectivity index (χ0n) is 40.7. The van der Waals surface area contributed by atoms with E-state index in [0.29, 0.717) is 49.6 Å². The normalized spacial score (nSPS) is 24.1. The van der Waals surface area contributed by atoms with E-state index >= 15 is 4.79 Å². The molecule has 4 aliphatic rings. The van der Waals surface area contributed by atoms with Gasteiger partial charge in [0.05, 0.1) is 18.2 Å². The fourth-order valence-corrected chi connectivity index (χ4v) is 11.6. The van der Waals surface area contributed by atoms with Gasteiger partial charge in [0.15, 0.2) is 0 Å². The molecule has 0 saturated heterocycles. The van der Waals surface area contributed by atoms with Crippen molar-refractivity contribution in [3.8, 4) is 17.2 Å². The molecular weight excluding hydrogens is 837 g/mol. The van der Waals surface area contributed by atoms with Crippen molar-refractivity contribution >= 4 is 22.4 Å². The van der Waals surface area contributed by atoms with Crippen LogP contribution < -0.4 is 9.47 Å². The lowest BCUT2D eigenvalue weighted by Crippen LogP contribution is -2.70. The quantitative estimate of drug-likeness (QED) is 0.0516. The van der Waals surface area contributed by atoms with E-state index in [0.717, 1.165) is 89.4 Å². The van der Waals surface area contributed by atoms with Gasteiger partial charge < -0.3 is 34.2 Å². The number of rotatable bonds is 20. The molecule has 9 heteroatoms. The average molecular weight is 911 g/mol. The highest BCUT2D eigenvalue weighted by atomic mass is 16.7. The van der Waals surface area contributed by atoms with E-state index in [1.54, 1.807) is 6.08 Å². The maximum Gasteiger partial charge on any atom is 0.239 e. The summed E-state index contributed by atoms with van der Waals surface area (Å²) >= 11 is 0. The first-order valence-electron chi connectivity index (χ1n) is 25.2. The minimum Gasteiger partial charge on any atom is -0.459 e. The number of oxime groups is 1. The summed E-state index contributed by atoms with van der Waals surface area (Å²) in [5.41, 5.74) is 5.70. The Kier molecular flexibility index (Phi) is 15.6. The lowest BCUT2D eigenvalue weighted by molar-refractivity contribution is -0.258. The van der Waals surface area contributed by atoms with Crippen molar-refractivity contribution in [3.63, 3.8) is 0 Å². The van der Waals surface area contributed by atoms with Gasteiger partial charge in [0.25, 0.3) is 0 Å². The third kappa shape index (κ3) is 10.8. The zero-order valence-corrected chi connectivity index (χ0v) is 40.7. The van der Waals surface area contributed by atoms with Crippen molar-refractivity contribution in [2.75, 3.05) is 19.8 Å². The smallest absolute Gasteiger partial charge is 0.239 e. The van der Waals surface area contributed by atoms with Crippen LogP contribution in [0.3, 0.4) is 0 Å². The molecule has 0 unspecified atom stereocenters. The average Bonchev–Trinajstić information content (AvgIpc) is 3.85. The van der Waals surface area contributed by atoms with E-state index in [9.17, 15) is 10.2 Å². The van der Waals surface area contributed by atoms with Gasteiger partial charge in [-0.05, 0) is 148 Å². The van der Waals surface area contributed by atoms with Crippen molar-refractivity contribution in [1.82, 2.24) is 4.90 Å². The minimum atomic E-state index is -1.35. The van der Waals surface area contributed by atoms with Crippen molar-refractivity contribution in [2.24, 2.45) is 28.8 Å². The zero-order chi connectivity index (χ0) is 47.1. The highest BCUT2D eigenvalue weighted by molar-refractivity contribution is 6.03. The molecule has 1 amide bonds. The van der Waals surface area contributed by atoms with E-state index in [1.807, 2.05) is 39.0 Å². The van der Waals surface area contributed by atoms with Crippen LogP contribution in [0.15, 0.2) is 108 Å². The number of fused-ring (bicyclic) bond motifs is 3. The van der Waals surface area contributed by atoms with E-state index in [2.05, 4.69) is 92.1 Å². The molecule has 2 N–H and O–H groups in total. The van der Waals surface area contributed by atoms with Gasteiger partial charge in [0.2, 0.25) is 11.7 Å². The van der Waals surface area contributed by atoms with E-state index in [4.69, 9.17) is 24.2 Å². The summed E-state index contributed by atoms with van der Waals surface area (Å²) in [7, 11) is 0. The molecule has 1 aliphatic heterocycles. The molecule has 2 saturated carbocycles. The minimum absolute atomic E-state index is 0.0789. The van der Waals surface area contributed by atoms with E-state index < -0.39 is 23.3 Å². The SMILES string of the molecule is C=CCO[C@@]12Oc3ccc(Oc4ccc(C)c(C)c4)cc3[C@H]3[C@H](CCCCO)[C@@H](CCCCO)C=C(C(=NOC(C)(C)C)C[C@@H]1N(Cc1cccc4ccccc14)C(=O)CCC1CCCC1)[C@H]32. The standard InChI is InChI=1S/C58H74N2O7/c1-7-33-64-58-53(60(54(63)30-26-41-17-8-9-18-41)38-44-22-16-21-42-19-10-11-23-47(42)44)37-51(59-67-57(4,5)6)49-35-43(20-12-14-31-61)48(24-13-15-32-62)55(56(49)58)50-36-46(28-29-52(50)66-58)65-45-27-25-39(2)40(3)34-45/h7,10-11,16,19,21-23,25,27-29,34-36,41,43,48,53,55-56,61-62H,1,8-9,12-15,17-18,20,24,26,30-33,37-38H2,2-6H3/t43-,48+,53-,55+,56+,58+/m0/s1. The molecule has 4 aromatic carbocycles. The number of nitrogens with zero attached hydrogens (tertiary/aromatic N) is 2. The number of aliphatic hydroxyl groups is 2. The van der Waals surface area contributed by atoms with Gasteiger partial charge in [-0.2, -0.15) is 0 Å². The van der Waals surface area contributed by atoms with Gasteiger partial charge in [0.1, 0.15) is 28.9 Å². The number of amides is 1. The van der Waals surface area contributed by atoms with Crippen LogP contribution >= 0.6 is 0 Å². The Bertz CT molecular complexity index is 2410. The topological polar surface area (TPSA) is 110 Å². The van der Waals surface area contributed by atoms with Crippen molar-refractivity contribution < 1.29 is 34.1 Å². The second-order valence-corrected chi connectivity index (χ2v) is 20.7. The fourth-order valence-electron chi connectivity index (χ4n) is 11.6. The third-order valence-electron chi connectivity index (χ3n) is 14.9. The van der Waals surface area contributed by atoms with Crippen LogP contribution in [0.2, 0.25) is 0 Å². The molecule has 358 valence electrons. The molecule has 6 atom stereocenters. The third-order valence-corrected chi connectivity index (χ3v) is 14.9. The van der Waals surface area contributed by atoms with Crippen molar-refractivity contribution in [3.05, 3.63) is 125 Å². The second-order valence-electron chi connectivity index (χ2n) is 20.7. The maximum atomic E-state index is 15.5. The number of allylic oxidation sites excluding steroid dienone is 1. The molecule has 0 spiro atoms. The number of hydrogen-bond donors (Lipinski definition) is 2. The van der Waals surface area contributed by atoms with Crippen LogP contribution in [0.5, 0.6) is 17.2 Å². The van der Waals surface area contributed by atoms with Gasteiger partial charge in [-0.1, -0.05) is 104 Å². The number of benzene rings is 4. The summed E-state index contributed by atoms with van der Waals surface area (Å²) < 4.78 is 21.6. The number of carbonyl (C=O) groups is 1. The summed E-state index contributed by atoms with van der Waals surface area (Å²) in [5, 5.41) is 27.5. The predicted molar refractivity (Wildman–Crippen MR) is 267 cm³/mol. The molecule has 0 radical (unpaired) electrons. The maximum absolute atomic E-state index is 15.5. The van der Waals surface area contributed by atoms with Crippen LogP contribution in [-0.4, -0.2) is 64.0 Å². The predicted octanol–water partition coefficient (Wildman–Crippen LogP) is 12.7. The van der Waals surface area contributed by atoms with Crippen LogP contribution in [0, 0.1) is 37.5 Å². The summed E-state index contributed by atoms with van der Waals surface area (Å²) in [5.74, 6) is 1.08. The molecule has 0 aromatic heterocycles. The number of aliphatic hydroxyl groups excluding tert-OH is 2. The molecule has 9 nitrogen and oxygen atoms in total. The summed E-state index contributed by atoms with van der Waals surface area (Å²) in [6.45, 7) is 15.2. The van der Waals surface area contributed by atoms with E-state index in [1.165, 1.54) is 18.4 Å². The van der Waals surface area contributed by atoms with Gasteiger partial charge in [-0.25, -0.2) is 0 Å². The first-order chi connectivity index (χ1) is 32.4. The van der Waals surface area contributed by atoms with E-state index in [-0.39, 0.29) is 43.5 Å². The Hall–Kier alpha value is -4.96. The summed E-state index contributed by atoms with van der Waals surface area (Å²) in [4.78, 5) is 24.0. The summed E-state index contributed by atoms with van der Waals surface area (Å²) in [6, 6.07) is 26.5. The Balaban J connectivity index is 1.35. The lowest BCUT2D eigenvalue weighted by Gasteiger charge is -2.60. The monoisotopic (exact) mass is 911 g/mol. The van der Waals surface area contributed by atoms with Gasteiger partial charge in [-0.3, -0.25) is 4.79 Å². The van der Waals surface area contributed by atoms with Crippen LogP contribution in [0.25, 0.3) is 10.8 Å². The Labute approximate surface area is 399 Å². The van der Waals surface area contributed by atoms with Crippen LogP contribution in [0.1, 0.15) is 132 Å². The van der Waals surface area contributed by atoms with Gasteiger partial charge in [-0.15, -0.1) is 6.58 Å². The summed E-state index contributed by atoms with van der Waals surface area (Å²) in [6.07, 6.45) is 15.4. The number of hydrogen-bond acceptors (Lipinski definition) is 8. The Morgan fingerprint density at radius 3 is 2.37 bits per heavy atom. The fraction of sp³-hybridized carbons (Fsp3) is 0.517. The van der Waals surface area contributed by atoms with Crippen molar-refractivity contribution in [2.45, 2.75) is 148 Å². The highest BCUT2D eigenvalue weighted by Crippen LogP contribution is 2.62. The molecule has 3 aliphatic carbocycles. The lowest BCUT2D eigenvalue weighted by atomic mass is 9.55. The van der Waals surface area contributed by atoms with Crippen molar-refractivity contribution in [1.29, 1.82) is 0 Å². The Morgan fingerprint density at radius 2 is 1.63 bits per heavy atom. The number of ether oxygens (including phenoxy) is 3. The largest absolute Gasteiger partial charge is 0.459 e. The number of unbranched alkanes of at least 4 members (excludes halogenated alkanes) is 2. The number of aryl methyl sites for hydroxylation is 2. The van der Waals surface area contributed by atoms with Crippen LogP contribution in [0.4, 0.5) is 0 Å². The van der Waals surface area contributed by atoms with Crippen LogP contribution in [-0.2, 0) is 20.9 Å². The second kappa shape index (κ2) is 21.6. The number of carbonyl (C=O) groups excluding carboxylic acids is 1. The molecule has 67 heavy (non-hydrogen) atoms. The molecule has 4 aromatic rings.